The first-order valence-electron chi connectivity index (χ1n) is 13.9. The molecule has 0 aliphatic carbocycles. The number of rotatable bonds is 14. The molecule has 1 amide bonds. The van der Waals surface area contributed by atoms with Crippen LogP contribution in [0.3, 0.4) is 0 Å². The van der Waals surface area contributed by atoms with E-state index in [0.717, 1.165) is 61.3 Å². The third kappa shape index (κ3) is 7.54. The zero-order chi connectivity index (χ0) is 27.6. The van der Waals surface area contributed by atoms with E-state index in [-0.39, 0.29) is 12.5 Å². The van der Waals surface area contributed by atoms with Gasteiger partial charge >= 0.3 is 0 Å². The van der Waals surface area contributed by atoms with Crippen LogP contribution in [0.4, 0.5) is 0 Å². The van der Waals surface area contributed by atoms with Crippen LogP contribution in [0, 0.1) is 0 Å². The molecule has 0 saturated heterocycles. The quantitative estimate of drug-likeness (QED) is 0.147. The van der Waals surface area contributed by atoms with Gasteiger partial charge in [0.1, 0.15) is 17.3 Å². The molecular weight excluding hydrogens is 522 g/mol. The smallest absolute Gasteiger partial charge is 0.257 e. The maximum atomic E-state index is 12.1. The van der Waals surface area contributed by atoms with E-state index in [0.29, 0.717) is 23.9 Å². The zero-order valence-electron chi connectivity index (χ0n) is 22.5. The van der Waals surface area contributed by atoms with Crippen molar-refractivity contribution >= 4 is 39.3 Å². The number of unbranched alkanes of at least 4 members (excludes halogenated alkanes) is 2. The highest BCUT2D eigenvalue weighted by Crippen LogP contribution is 2.22. The lowest BCUT2D eigenvalue weighted by Crippen LogP contribution is -2.29. The van der Waals surface area contributed by atoms with Crippen LogP contribution < -0.4 is 14.8 Å². The second-order valence-electron chi connectivity index (χ2n) is 9.78. The second-order valence-corrected chi connectivity index (χ2v) is 10.2. The lowest BCUT2D eigenvalue weighted by molar-refractivity contribution is -0.123. The van der Waals surface area contributed by atoms with Gasteiger partial charge in [-0.1, -0.05) is 60.5 Å². The molecule has 0 aliphatic heterocycles. The lowest BCUT2D eigenvalue weighted by atomic mass is 10.1. The van der Waals surface area contributed by atoms with E-state index in [9.17, 15) is 4.79 Å². The third-order valence-electron chi connectivity index (χ3n) is 6.83. The minimum Gasteiger partial charge on any atom is -0.494 e. The maximum Gasteiger partial charge on any atom is 0.257 e. The minimum absolute atomic E-state index is 0.00373. The number of hydrogen-bond acceptors (Lipinski definition) is 4. The first-order chi connectivity index (χ1) is 19.7. The summed E-state index contributed by atoms with van der Waals surface area (Å²) >= 11 is 5.87. The summed E-state index contributed by atoms with van der Waals surface area (Å²) in [5, 5.41) is 5.97. The number of para-hydroxylation sites is 2. The average Bonchev–Trinajstić information content (AvgIpc) is 3.34. The van der Waals surface area contributed by atoms with E-state index < -0.39 is 0 Å². The van der Waals surface area contributed by atoms with Crippen LogP contribution in [-0.4, -0.2) is 35.2 Å². The summed E-state index contributed by atoms with van der Waals surface area (Å²) in [6.07, 6.45) is 4.71. The Bertz CT molecular complexity index is 1550. The van der Waals surface area contributed by atoms with Gasteiger partial charge in [-0.2, -0.15) is 0 Å². The summed E-state index contributed by atoms with van der Waals surface area (Å²) in [6, 6.07) is 29.8. The molecule has 40 heavy (non-hydrogen) atoms. The van der Waals surface area contributed by atoms with Crippen LogP contribution in [0.15, 0.2) is 91.0 Å². The average molecular weight is 556 g/mol. The summed E-state index contributed by atoms with van der Waals surface area (Å²) in [5.74, 6) is 2.51. The molecule has 0 bridgehead atoms. The minimum atomic E-state index is -0.123. The molecule has 0 atom stereocenters. The van der Waals surface area contributed by atoms with Gasteiger partial charge in [0, 0.05) is 24.5 Å². The van der Waals surface area contributed by atoms with Crippen molar-refractivity contribution in [2.24, 2.45) is 0 Å². The highest BCUT2D eigenvalue weighted by molar-refractivity contribution is 6.30. The molecule has 0 radical (unpaired) electrons. The summed E-state index contributed by atoms with van der Waals surface area (Å²) < 4.78 is 13.9. The van der Waals surface area contributed by atoms with E-state index in [1.54, 1.807) is 24.3 Å². The number of aryl methyl sites for hydroxylation is 2. The number of hydrogen-bond donors (Lipinski definition) is 1. The first-order valence-corrected chi connectivity index (χ1v) is 14.2. The molecule has 4 aromatic carbocycles. The lowest BCUT2D eigenvalue weighted by Gasteiger charge is -2.11. The van der Waals surface area contributed by atoms with Gasteiger partial charge < -0.3 is 19.4 Å². The number of ether oxygens (including phenoxy) is 2. The molecule has 0 spiro atoms. The van der Waals surface area contributed by atoms with Crippen molar-refractivity contribution < 1.29 is 14.3 Å². The monoisotopic (exact) mass is 555 g/mol. The van der Waals surface area contributed by atoms with Gasteiger partial charge in [0.2, 0.25) is 0 Å². The van der Waals surface area contributed by atoms with Crippen LogP contribution in [-0.2, 0) is 17.8 Å². The number of benzene rings is 4. The SMILES string of the molecule is O=C(COc1ccc(Cl)cc1)NCCCCCc1nc2ccccc2n1CCCOc1ccc2ccccc2c1. The Hall–Kier alpha value is -4.03. The Kier molecular flexibility index (Phi) is 9.54. The topological polar surface area (TPSA) is 65.4 Å². The summed E-state index contributed by atoms with van der Waals surface area (Å²) in [6.45, 7) is 2.13. The van der Waals surface area contributed by atoms with E-state index in [4.69, 9.17) is 26.1 Å². The third-order valence-corrected chi connectivity index (χ3v) is 7.08. The Morgan fingerprint density at radius 2 is 1.57 bits per heavy atom. The fourth-order valence-electron chi connectivity index (χ4n) is 4.78. The number of aromatic nitrogens is 2. The second kappa shape index (κ2) is 13.9. The van der Waals surface area contributed by atoms with E-state index in [2.05, 4.69) is 58.4 Å². The Morgan fingerprint density at radius 1 is 0.800 bits per heavy atom. The van der Waals surface area contributed by atoms with Crippen LogP contribution in [0.2, 0.25) is 5.02 Å². The van der Waals surface area contributed by atoms with Gasteiger partial charge in [-0.15, -0.1) is 0 Å². The molecule has 0 aliphatic rings. The van der Waals surface area contributed by atoms with Crippen molar-refractivity contribution in [3.8, 4) is 11.5 Å². The Balaban J connectivity index is 1.05. The molecule has 0 unspecified atom stereocenters. The highest BCUT2D eigenvalue weighted by Gasteiger charge is 2.10. The fraction of sp³-hybridized carbons (Fsp3) is 0.273. The van der Waals surface area contributed by atoms with Crippen molar-refractivity contribution in [1.29, 1.82) is 0 Å². The molecule has 1 N–H and O–H groups in total. The maximum absolute atomic E-state index is 12.1. The van der Waals surface area contributed by atoms with Gasteiger partial charge in [0.15, 0.2) is 6.61 Å². The Morgan fingerprint density at radius 3 is 2.45 bits per heavy atom. The summed E-state index contributed by atoms with van der Waals surface area (Å²) in [7, 11) is 0. The number of carbonyl (C=O) groups is 1. The molecule has 0 saturated carbocycles. The number of nitrogens with one attached hydrogen (secondary N) is 1. The van der Waals surface area contributed by atoms with E-state index in [1.807, 2.05) is 18.2 Å². The summed E-state index contributed by atoms with van der Waals surface area (Å²) in [5.41, 5.74) is 2.19. The highest BCUT2D eigenvalue weighted by atomic mass is 35.5. The normalized spacial score (nSPS) is 11.1. The molecule has 1 heterocycles. The fourth-order valence-corrected chi connectivity index (χ4v) is 4.91. The van der Waals surface area contributed by atoms with Crippen LogP contribution in [0.1, 0.15) is 31.5 Å². The van der Waals surface area contributed by atoms with Crippen molar-refractivity contribution in [3.05, 3.63) is 102 Å². The number of fused-ring (bicyclic) bond motifs is 2. The number of amides is 1. The van der Waals surface area contributed by atoms with Crippen LogP contribution in [0.5, 0.6) is 11.5 Å². The zero-order valence-corrected chi connectivity index (χ0v) is 23.3. The van der Waals surface area contributed by atoms with Crippen molar-refractivity contribution in [3.63, 3.8) is 0 Å². The van der Waals surface area contributed by atoms with Crippen molar-refractivity contribution in [1.82, 2.24) is 14.9 Å². The van der Waals surface area contributed by atoms with Gasteiger partial charge in [-0.3, -0.25) is 4.79 Å². The van der Waals surface area contributed by atoms with Crippen LogP contribution >= 0.6 is 11.6 Å². The van der Waals surface area contributed by atoms with Crippen molar-refractivity contribution in [2.45, 2.75) is 38.6 Å². The first kappa shape index (κ1) is 27.5. The van der Waals surface area contributed by atoms with E-state index >= 15 is 0 Å². The Labute approximate surface area is 239 Å². The molecule has 5 aromatic rings. The molecule has 1 aromatic heterocycles. The largest absolute Gasteiger partial charge is 0.494 e. The van der Waals surface area contributed by atoms with Gasteiger partial charge in [-0.25, -0.2) is 4.98 Å². The molecular formula is C33H34ClN3O3. The molecule has 206 valence electrons. The van der Waals surface area contributed by atoms with E-state index in [1.165, 1.54) is 10.8 Å². The standard InChI is InChI=1S/C33H34ClN3O3/c34-27-15-18-28(19-16-27)40-24-33(38)35-20-7-1-2-13-32-36-30-11-5-6-12-31(30)37(32)21-8-22-39-29-17-14-25-9-3-4-10-26(25)23-29/h3-6,9-12,14-19,23H,1-2,7-8,13,20-22,24H2,(H,35,38). The van der Waals surface area contributed by atoms with Crippen molar-refractivity contribution in [2.75, 3.05) is 19.8 Å². The van der Waals surface area contributed by atoms with Gasteiger partial charge in [-0.05, 0) is 78.6 Å². The molecule has 6 nitrogen and oxygen atoms in total. The number of carbonyl (C=O) groups excluding carboxylic acids is 1. The van der Waals surface area contributed by atoms with Gasteiger partial charge in [0.25, 0.3) is 5.91 Å². The summed E-state index contributed by atoms with van der Waals surface area (Å²) in [4.78, 5) is 17.0. The number of halogens is 1. The van der Waals surface area contributed by atoms with Crippen LogP contribution in [0.25, 0.3) is 21.8 Å². The molecule has 7 heteroatoms. The number of imidazole rings is 1. The predicted molar refractivity (Wildman–Crippen MR) is 161 cm³/mol. The molecule has 0 fully saturated rings. The van der Waals surface area contributed by atoms with Gasteiger partial charge in [0.05, 0.1) is 17.6 Å². The number of nitrogens with zero attached hydrogens (tertiary/aromatic N) is 2. The molecule has 5 rings (SSSR count). The predicted octanol–water partition coefficient (Wildman–Crippen LogP) is 7.22.